The lowest BCUT2D eigenvalue weighted by atomic mass is 10.2. The van der Waals surface area contributed by atoms with Gasteiger partial charge in [0.1, 0.15) is 0 Å². The summed E-state index contributed by atoms with van der Waals surface area (Å²) < 4.78 is 0. The molecule has 0 heterocycles. The fourth-order valence-electron chi connectivity index (χ4n) is 1.04. The Hall–Kier alpha value is -1.47. The number of amidine groups is 1. The van der Waals surface area contributed by atoms with Gasteiger partial charge >= 0.3 is 0 Å². The SMILES string of the molecule is NN=C(N)SCc1c(Cl)cccc1[N+](=O)[O-]. The minimum atomic E-state index is -0.489. The van der Waals surface area contributed by atoms with Gasteiger partial charge in [-0.1, -0.05) is 29.4 Å². The maximum Gasteiger partial charge on any atom is 0.274 e. The molecule has 0 atom stereocenters. The normalized spacial score (nSPS) is 11.4. The second kappa shape index (κ2) is 5.57. The zero-order valence-corrected chi connectivity index (χ0v) is 9.66. The lowest BCUT2D eigenvalue weighted by Gasteiger charge is -2.04. The fraction of sp³-hybridized carbons (Fsp3) is 0.125. The number of hydrazone groups is 1. The first-order chi connectivity index (χ1) is 7.56. The minimum Gasteiger partial charge on any atom is -0.377 e. The molecule has 16 heavy (non-hydrogen) atoms. The molecule has 0 aliphatic rings. The zero-order chi connectivity index (χ0) is 12.1. The van der Waals surface area contributed by atoms with E-state index >= 15 is 0 Å². The van der Waals surface area contributed by atoms with Crippen LogP contribution in [0.25, 0.3) is 0 Å². The Morgan fingerprint density at radius 3 is 2.88 bits per heavy atom. The Morgan fingerprint density at radius 1 is 1.62 bits per heavy atom. The van der Waals surface area contributed by atoms with E-state index in [1.165, 1.54) is 12.1 Å². The zero-order valence-electron chi connectivity index (χ0n) is 8.09. The molecule has 0 saturated heterocycles. The standard InChI is InChI=1S/C8H9ClN4O2S/c9-6-2-1-3-7(13(14)15)5(6)4-16-8(10)12-11/h1-3H,4,11H2,(H2,10,12). The first-order valence-corrected chi connectivity index (χ1v) is 5.50. The molecule has 0 spiro atoms. The van der Waals surface area contributed by atoms with Crippen molar-refractivity contribution in [1.29, 1.82) is 0 Å². The van der Waals surface area contributed by atoms with Gasteiger partial charge in [-0.05, 0) is 6.07 Å². The first-order valence-electron chi connectivity index (χ1n) is 4.14. The molecular weight excluding hydrogens is 252 g/mol. The van der Waals surface area contributed by atoms with Crippen LogP contribution in [0.3, 0.4) is 0 Å². The Morgan fingerprint density at radius 2 is 2.31 bits per heavy atom. The molecule has 0 aliphatic carbocycles. The molecular formula is C8H9ClN4O2S. The third-order valence-corrected chi connectivity index (χ3v) is 2.97. The van der Waals surface area contributed by atoms with E-state index in [-0.39, 0.29) is 16.6 Å². The predicted molar refractivity (Wildman–Crippen MR) is 65.2 cm³/mol. The Kier molecular flexibility index (Phi) is 4.39. The van der Waals surface area contributed by atoms with Crippen LogP contribution >= 0.6 is 23.4 Å². The largest absolute Gasteiger partial charge is 0.377 e. The molecule has 0 fully saturated rings. The predicted octanol–water partition coefficient (Wildman–Crippen LogP) is 1.67. The molecule has 0 radical (unpaired) electrons. The molecule has 0 unspecified atom stereocenters. The summed E-state index contributed by atoms with van der Waals surface area (Å²) in [5.74, 6) is 5.20. The third kappa shape index (κ3) is 3.01. The molecule has 8 heteroatoms. The van der Waals surface area contributed by atoms with Gasteiger partial charge in [0.25, 0.3) is 5.69 Å². The van der Waals surface area contributed by atoms with Crippen LogP contribution in [-0.2, 0) is 5.75 Å². The highest BCUT2D eigenvalue weighted by Crippen LogP contribution is 2.29. The number of nitro groups is 1. The van der Waals surface area contributed by atoms with Crippen molar-refractivity contribution < 1.29 is 4.92 Å². The van der Waals surface area contributed by atoms with E-state index in [0.717, 1.165) is 11.8 Å². The highest BCUT2D eigenvalue weighted by atomic mass is 35.5. The van der Waals surface area contributed by atoms with Crippen molar-refractivity contribution >= 4 is 34.2 Å². The molecule has 1 aromatic carbocycles. The monoisotopic (exact) mass is 260 g/mol. The highest BCUT2D eigenvalue weighted by molar-refractivity contribution is 8.13. The Balaban J connectivity index is 2.97. The van der Waals surface area contributed by atoms with E-state index < -0.39 is 4.92 Å². The molecule has 0 amide bonds. The maximum atomic E-state index is 10.7. The minimum absolute atomic E-state index is 0.0372. The third-order valence-electron chi connectivity index (χ3n) is 1.78. The molecule has 0 bridgehead atoms. The van der Waals surface area contributed by atoms with Crippen LogP contribution in [0, 0.1) is 10.1 Å². The van der Waals surface area contributed by atoms with Crippen molar-refractivity contribution in [3.05, 3.63) is 38.9 Å². The van der Waals surface area contributed by atoms with Gasteiger partial charge in [-0.3, -0.25) is 10.1 Å². The number of hydrogen-bond donors (Lipinski definition) is 2. The summed E-state index contributed by atoms with van der Waals surface area (Å²) >= 11 is 6.96. The highest BCUT2D eigenvalue weighted by Gasteiger charge is 2.16. The van der Waals surface area contributed by atoms with Crippen LogP contribution in [0.4, 0.5) is 5.69 Å². The summed E-state index contributed by atoms with van der Waals surface area (Å²) in [5.41, 5.74) is 5.74. The maximum absolute atomic E-state index is 10.7. The molecule has 4 N–H and O–H groups in total. The van der Waals surface area contributed by atoms with Gasteiger partial charge in [-0.2, -0.15) is 5.10 Å². The van der Waals surface area contributed by atoms with Gasteiger partial charge in [0.05, 0.1) is 15.5 Å². The van der Waals surface area contributed by atoms with Gasteiger partial charge in [-0.25, -0.2) is 0 Å². The number of benzene rings is 1. The quantitative estimate of drug-likeness (QED) is 0.283. The molecule has 1 aromatic rings. The number of hydrogen-bond acceptors (Lipinski definition) is 5. The van der Waals surface area contributed by atoms with Gasteiger partial charge in [0.2, 0.25) is 0 Å². The molecule has 0 aromatic heterocycles. The van der Waals surface area contributed by atoms with Crippen LogP contribution in [0.5, 0.6) is 0 Å². The number of nitro benzene ring substituents is 1. The first kappa shape index (κ1) is 12.6. The average molecular weight is 261 g/mol. The summed E-state index contributed by atoms with van der Waals surface area (Å²) in [6.45, 7) is 0. The number of nitrogens with zero attached hydrogens (tertiary/aromatic N) is 2. The van der Waals surface area contributed by atoms with Crippen molar-refractivity contribution in [3.8, 4) is 0 Å². The summed E-state index contributed by atoms with van der Waals surface area (Å²) in [6, 6.07) is 4.49. The van der Waals surface area contributed by atoms with E-state index in [9.17, 15) is 10.1 Å². The van der Waals surface area contributed by atoms with E-state index in [2.05, 4.69) is 5.10 Å². The fourth-order valence-corrected chi connectivity index (χ4v) is 2.03. The van der Waals surface area contributed by atoms with Crippen LogP contribution in [0.1, 0.15) is 5.56 Å². The summed E-state index contributed by atoms with van der Waals surface area (Å²) in [6.07, 6.45) is 0. The van der Waals surface area contributed by atoms with Crippen molar-refractivity contribution in [2.75, 3.05) is 0 Å². The van der Waals surface area contributed by atoms with Gasteiger partial charge in [0.15, 0.2) is 5.17 Å². The van der Waals surface area contributed by atoms with E-state index in [1.807, 2.05) is 0 Å². The number of rotatable bonds is 3. The van der Waals surface area contributed by atoms with Crippen molar-refractivity contribution in [1.82, 2.24) is 0 Å². The number of nitrogens with two attached hydrogens (primary N) is 2. The van der Waals surface area contributed by atoms with Crippen LogP contribution in [-0.4, -0.2) is 10.1 Å². The van der Waals surface area contributed by atoms with E-state index in [0.29, 0.717) is 10.6 Å². The lowest BCUT2D eigenvalue weighted by Crippen LogP contribution is -2.09. The van der Waals surface area contributed by atoms with Crippen molar-refractivity contribution in [2.45, 2.75) is 5.75 Å². The molecule has 0 saturated carbocycles. The smallest absolute Gasteiger partial charge is 0.274 e. The van der Waals surface area contributed by atoms with E-state index in [1.54, 1.807) is 6.07 Å². The van der Waals surface area contributed by atoms with Crippen LogP contribution < -0.4 is 11.6 Å². The summed E-state index contributed by atoms with van der Waals surface area (Å²) in [7, 11) is 0. The second-order valence-electron chi connectivity index (χ2n) is 2.75. The Labute approximate surface area is 101 Å². The summed E-state index contributed by atoms with van der Waals surface area (Å²) in [4.78, 5) is 10.3. The van der Waals surface area contributed by atoms with Gasteiger partial charge < -0.3 is 11.6 Å². The molecule has 86 valence electrons. The van der Waals surface area contributed by atoms with Crippen LogP contribution in [0.2, 0.25) is 5.02 Å². The average Bonchev–Trinajstić information content (AvgIpc) is 2.26. The van der Waals surface area contributed by atoms with Crippen molar-refractivity contribution in [2.24, 2.45) is 16.7 Å². The number of thioether (sulfide) groups is 1. The number of halogens is 1. The summed E-state index contributed by atoms with van der Waals surface area (Å²) in [5, 5.41) is 14.5. The van der Waals surface area contributed by atoms with Gasteiger partial charge in [-0.15, -0.1) is 0 Å². The van der Waals surface area contributed by atoms with Gasteiger partial charge in [0, 0.05) is 11.8 Å². The van der Waals surface area contributed by atoms with Crippen molar-refractivity contribution in [3.63, 3.8) is 0 Å². The lowest BCUT2D eigenvalue weighted by molar-refractivity contribution is -0.385. The molecule has 1 rings (SSSR count). The Bertz CT molecular complexity index is 438. The van der Waals surface area contributed by atoms with Crippen LogP contribution in [0.15, 0.2) is 23.3 Å². The molecule has 0 aliphatic heterocycles. The topological polar surface area (TPSA) is 108 Å². The van der Waals surface area contributed by atoms with E-state index in [4.69, 9.17) is 23.2 Å². The molecule has 6 nitrogen and oxygen atoms in total. The second-order valence-corrected chi connectivity index (χ2v) is 4.15.